The molecule has 0 aliphatic carbocycles. The number of aliphatic carboxylic acids is 1. The van der Waals surface area contributed by atoms with Gasteiger partial charge in [-0.15, -0.1) is 5.10 Å². The molecule has 1 amide bonds. The van der Waals surface area contributed by atoms with Crippen molar-refractivity contribution in [3.05, 3.63) is 40.7 Å². The van der Waals surface area contributed by atoms with E-state index in [0.717, 1.165) is 17.1 Å². The Morgan fingerprint density at radius 3 is 2.65 bits per heavy atom. The first kappa shape index (κ1) is 14.1. The van der Waals surface area contributed by atoms with E-state index in [1.54, 1.807) is 31.5 Å². The van der Waals surface area contributed by atoms with E-state index in [9.17, 15) is 14.7 Å². The van der Waals surface area contributed by atoms with E-state index >= 15 is 0 Å². The van der Waals surface area contributed by atoms with Crippen molar-refractivity contribution in [1.29, 1.82) is 0 Å². The summed E-state index contributed by atoms with van der Waals surface area (Å²) in [4.78, 5) is 27.4. The van der Waals surface area contributed by atoms with Crippen LogP contribution in [0.5, 0.6) is 0 Å². The standard InChI is InChI=1S/C12H12N4O3S/c1-7-10(20-16-15-7)11(17)14-9(12(18)19)6-8-2-4-13-5-3-8/h2-5,9H,6H2,1H3,(H,14,17)(H,18,19). The summed E-state index contributed by atoms with van der Waals surface area (Å²) in [7, 11) is 0. The molecule has 2 aromatic rings. The molecule has 7 nitrogen and oxygen atoms in total. The molecule has 0 bridgehead atoms. The largest absolute Gasteiger partial charge is 0.480 e. The van der Waals surface area contributed by atoms with Crippen molar-refractivity contribution in [2.24, 2.45) is 0 Å². The van der Waals surface area contributed by atoms with Crippen LogP contribution < -0.4 is 5.32 Å². The van der Waals surface area contributed by atoms with Crippen LogP contribution in [0.2, 0.25) is 0 Å². The lowest BCUT2D eigenvalue weighted by molar-refractivity contribution is -0.139. The maximum Gasteiger partial charge on any atom is 0.326 e. The fraction of sp³-hybridized carbons (Fsp3) is 0.250. The molecule has 0 spiro atoms. The molecular formula is C12H12N4O3S. The number of nitrogens with one attached hydrogen (secondary N) is 1. The van der Waals surface area contributed by atoms with Crippen molar-refractivity contribution in [3.8, 4) is 0 Å². The predicted octanol–water partition coefficient (Wildman–Crippen LogP) is 0.667. The van der Waals surface area contributed by atoms with Crippen LogP contribution in [0.1, 0.15) is 20.9 Å². The van der Waals surface area contributed by atoms with Crippen molar-refractivity contribution >= 4 is 23.4 Å². The molecule has 2 N–H and O–H groups in total. The lowest BCUT2D eigenvalue weighted by Gasteiger charge is -2.13. The van der Waals surface area contributed by atoms with Crippen molar-refractivity contribution < 1.29 is 14.7 Å². The van der Waals surface area contributed by atoms with Gasteiger partial charge in [-0.3, -0.25) is 9.78 Å². The third kappa shape index (κ3) is 3.35. The zero-order valence-corrected chi connectivity index (χ0v) is 11.4. The summed E-state index contributed by atoms with van der Waals surface area (Å²) in [5.41, 5.74) is 1.27. The predicted molar refractivity (Wildman–Crippen MR) is 71.5 cm³/mol. The van der Waals surface area contributed by atoms with Gasteiger partial charge < -0.3 is 10.4 Å². The summed E-state index contributed by atoms with van der Waals surface area (Å²) >= 11 is 0.942. The van der Waals surface area contributed by atoms with Gasteiger partial charge in [-0.25, -0.2) is 4.79 Å². The fourth-order valence-electron chi connectivity index (χ4n) is 1.62. The van der Waals surface area contributed by atoms with Crippen LogP contribution in [0.4, 0.5) is 0 Å². The highest BCUT2D eigenvalue weighted by Gasteiger charge is 2.23. The van der Waals surface area contributed by atoms with Gasteiger partial charge in [0.1, 0.15) is 10.9 Å². The van der Waals surface area contributed by atoms with Crippen LogP contribution in [0.25, 0.3) is 0 Å². The highest BCUT2D eigenvalue weighted by Crippen LogP contribution is 2.10. The van der Waals surface area contributed by atoms with Gasteiger partial charge in [-0.2, -0.15) is 0 Å². The van der Waals surface area contributed by atoms with E-state index in [4.69, 9.17) is 0 Å². The molecule has 0 saturated carbocycles. The minimum Gasteiger partial charge on any atom is -0.480 e. The first-order valence-corrected chi connectivity index (χ1v) is 6.57. The Kier molecular flexibility index (Phi) is 4.36. The Labute approximate surface area is 118 Å². The summed E-state index contributed by atoms with van der Waals surface area (Å²) in [6, 6.07) is 2.41. The van der Waals surface area contributed by atoms with Gasteiger partial charge in [-0.1, -0.05) is 4.49 Å². The van der Waals surface area contributed by atoms with Crippen LogP contribution in [0.3, 0.4) is 0 Å². The summed E-state index contributed by atoms with van der Waals surface area (Å²) in [5.74, 6) is -1.57. The maximum atomic E-state index is 12.0. The first-order chi connectivity index (χ1) is 9.58. The Hall–Kier alpha value is -2.35. The lowest BCUT2D eigenvalue weighted by atomic mass is 10.1. The molecule has 0 saturated heterocycles. The van der Waals surface area contributed by atoms with Crippen molar-refractivity contribution in [2.45, 2.75) is 19.4 Å². The number of carbonyl (C=O) groups excluding carboxylic acids is 1. The Morgan fingerprint density at radius 1 is 1.40 bits per heavy atom. The number of nitrogens with zero attached hydrogens (tertiary/aromatic N) is 3. The average molecular weight is 292 g/mol. The molecule has 0 aliphatic rings. The highest BCUT2D eigenvalue weighted by atomic mass is 32.1. The van der Waals surface area contributed by atoms with Gasteiger partial charge in [0, 0.05) is 18.8 Å². The number of aryl methyl sites for hydroxylation is 1. The number of rotatable bonds is 5. The number of carboxylic acids is 1. The van der Waals surface area contributed by atoms with E-state index in [2.05, 4.69) is 19.9 Å². The number of hydrogen-bond acceptors (Lipinski definition) is 6. The topological polar surface area (TPSA) is 105 Å². The lowest BCUT2D eigenvalue weighted by Crippen LogP contribution is -2.42. The number of hydrogen-bond donors (Lipinski definition) is 2. The first-order valence-electron chi connectivity index (χ1n) is 5.79. The zero-order valence-electron chi connectivity index (χ0n) is 10.6. The third-order valence-electron chi connectivity index (χ3n) is 2.65. The quantitative estimate of drug-likeness (QED) is 0.839. The number of carboxylic acid groups (broad SMARTS) is 1. The van der Waals surface area contributed by atoms with Gasteiger partial charge >= 0.3 is 5.97 Å². The van der Waals surface area contributed by atoms with Crippen molar-refractivity contribution in [3.63, 3.8) is 0 Å². The van der Waals surface area contributed by atoms with Gasteiger partial charge in [0.2, 0.25) is 0 Å². The van der Waals surface area contributed by atoms with Gasteiger partial charge in [0.25, 0.3) is 5.91 Å². The Morgan fingerprint density at radius 2 is 2.10 bits per heavy atom. The van der Waals surface area contributed by atoms with Gasteiger partial charge in [0.15, 0.2) is 0 Å². The minimum absolute atomic E-state index is 0.189. The molecular weight excluding hydrogens is 280 g/mol. The molecule has 1 atom stereocenters. The Bertz CT molecular complexity index is 614. The maximum absolute atomic E-state index is 12.0. The highest BCUT2D eigenvalue weighted by molar-refractivity contribution is 7.08. The molecule has 8 heteroatoms. The van der Waals surface area contributed by atoms with E-state index < -0.39 is 17.9 Å². The number of pyridine rings is 1. The second-order valence-corrected chi connectivity index (χ2v) is 4.87. The zero-order chi connectivity index (χ0) is 14.5. The molecule has 20 heavy (non-hydrogen) atoms. The summed E-state index contributed by atoms with van der Waals surface area (Å²) in [5, 5.41) is 15.4. The molecule has 104 valence electrons. The number of carbonyl (C=O) groups is 2. The fourth-order valence-corrected chi connectivity index (χ4v) is 2.18. The molecule has 1 unspecified atom stereocenters. The molecule has 0 radical (unpaired) electrons. The molecule has 2 aromatic heterocycles. The van der Waals surface area contributed by atoms with Crippen LogP contribution in [-0.4, -0.2) is 37.6 Å². The molecule has 2 heterocycles. The summed E-state index contributed by atoms with van der Waals surface area (Å²) < 4.78 is 3.65. The molecule has 0 fully saturated rings. The minimum atomic E-state index is -1.09. The van der Waals surface area contributed by atoms with Crippen molar-refractivity contribution in [1.82, 2.24) is 19.9 Å². The van der Waals surface area contributed by atoms with Gasteiger partial charge in [-0.05, 0) is 36.2 Å². The summed E-state index contributed by atoms with van der Waals surface area (Å²) in [6.07, 6.45) is 3.34. The summed E-state index contributed by atoms with van der Waals surface area (Å²) in [6.45, 7) is 1.65. The Balaban J connectivity index is 2.09. The normalized spacial score (nSPS) is 11.8. The molecule has 0 aliphatic heterocycles. The smallest absolute Gasteiger partial charge is 0.326 e. The average Bonchev–Trinajstić information content (AvgIpc) is 2.85. The van der Waals surface area contributed by atoms with E-state index in [0.29, 0.717) is 10.6 Å². The molecule has 2 rings (SSSR count). The number of amides is 1. The van der Waals surface area contributed by atoms with Gasteiger partial charge in [0.05, 0.1) is 5.69 Å². The van der Waals surface area contributed by atoms with Crippen LogP contribution in [0.15, 0.2) is 24.5 Å². The van der Waals surface area contributed by atoms with E-state index in [1.165, 1.54) is 0 Å². The second-order valence-electron chi connectivity index (χ2n) is 4.11. The third-order valence-corrected chi connectivity index (χ3v) is 3.48. The van der Waals surface area contributed by atoms with Crippen LogP contribution in [-0.2, 0) is 11.2 Å². The van der Waals surface area contributed by atoms with E-state index in [1.807, 2.05) is 0 Å². The SMILES string of the molecule is Cc1nnsc1C(=O)NC(Cc1ccncc1)C(=O)O. The van der Waals surface area contributed by atoms with Crippen molar-refractivity contribution in [2.75, 3.05) is 0 Å². The van der Waals surface area contributed by atoms with E-state index in [-0.39, 0.29) is 6.42 Å². The second kappa shape index (κ2) is 6.20. The monoisotopic (exact) mass is 292 g/mol. The number of aromatic nitrogens is 3. The molecule has 0 aromatic carbocycles. The van der Waals surface area contributed by atoms with Crippen LogP contribution >= 0.6 is 11.5 Å². The van der Waals surface area contributed by atoms with Crippen LogP contribution in [0, 0.1) is 6.92 Å².